The molecule has 0 atom stereocenters. The number of rotatable bonds is 2. The van der Waals surface area contributed by atoms with E-state index in [-0.39, 0.29) is 0 Å². The predicted molar refractivity (Wildman–Crippen MR) is 35.0 cm³/mol. The molecule has 0 aromatic rings. The summed E-state index contributed by atoms with van der Waals surface area (Å²) in [5.41, 5.74) is 0. The van der Waals surface area contributed by atoms with Gasteiger partial charge in [0.1, 0.15) is 4.49 Å². The Morgan fingerprint density at radius 2 is 2.14 bits per heavy atom. The van der Waals surface area contributed by atoms with E-state index in [2.05, 4.69) is 10.2 Å². The Hall–Kier alpha value is 0.537. The lowest BCUT2D eigenvalue weighted by Crippen LogP contribution is -1.63. The molecule has 0 aliphatic heterocycles. The third-order valence-corrected chi connectivity index (χ3v) is 1.04. The number of halogens is 2. The molecule has 0 spiro atoms. The van der Waals surface area contributed by atoms with Gasteiger partial charge in [0.05, 0.1) is 0 Å². The van der Waals surface area contributed by atoms with Crippen LogP contribution in [-0.2, 0) is 0 Å². The summed E-state index contributed by atoms with van der Waals surface area (Å²) in [6.45, 7) is 0. The van der Waals surface area contributed by atoms with Crippen molar-refractivity contribution in [3.63, 3.8) is 0 Å². The van der Waals surface area contributed by atoms with Crippen molar-refractivity contribution in [1.82, 2.24) is 0 Å². The second-order valence-electron chi connectivity index (χ2n) is 1.03. The quantitative estimate of drug-likeness (QED) is 0.532. The maximum atomic E-state index is 5.26. The van der Waals surface area contributed by atoms with Crippen molar-refractivity contribution in [2.75, 3.05) is 0 Å². The fourth-order valence-electron chi connectivity index (χ4n) is 0.181. The van der Waals surface area contributed by atoms with Crippen molar-refractivity contribution in [2.24, 2.45) is 0 Å². The van der Waals surface area contributed by atoms with Crippen LogP contribution in [0.2, 0.25) is 6.04 Å². The summed E-state index contributed by atoms with van der Waals surface area (Å²) >= 11 is 10.5. The highest BCUT2D eigenvalue weighted by molar-refractivity contribution is 6.55. The van der Waals surface area contributed by atoms with Gasteiger partial charge in [-0.2, -0.15) is 0 Å². The van der Waals surface area contributed by atoms with Crippen LogP contribution in [0.4, 0.5) is 0 Å². The molecule has 0 N–H and O–H groups in total. The first kappa shape index (κ1) is 7.54. The Morgan fingerprint density at radius 1 is 1.57 bits per heavy atom. The molecule has 0 amide bonds. The Kier molecular flexibility index (Phi) is 5.05. The molecule has 0 unspecified atom stereocenters. The van der Waals surface area contributed by atoms with Gasteiger partial charge in [-0.05, 0) is 6.42 Å². The van der Waals surface area contributed by atoms with Crippen molar-refractivity contribution in [3.8, 4) is 0 Å². The summed E-state index contributed by atoms with van der Waals surface area (Å²) in [6, 6.07) is 0.906. The lowest BCUT2D eigenvalue weighted by molar-refractivity contribution is 1.22. The molecule has 39 valence electrons. The van der Waals surface area contributed by atoms with Crippen LogP contribution < -0.4 is 0 Å². The van der Waals surface area contributed by atoms with Gasteiger partial charge in [-0.15, -0.1) is 0 Å². The van der Waals surface area contributed by atoms with Crippen LogP contribution in [0.3, 0.4) is 0 Å². The summed E-state index contributed by atoms with van der Waals surface area (Å²) in [4.78, 5) is 0. The largest absolute Gasteiger partial charge is 0.102 e. The van der Waals surface area contributed by atoms with Crippen molar-refractivity contribution in [3.05, 3.63) is 10.6 Å². The maximum absolute atomic E-state index is 5.26. The molecule has 0 heterocycles. The minimum Gasteiger partial charge on any atom is -0.0713 e. The highest BCUT2D eigenvalue weighted by Crippen LogP contribution is 2.07. The first-order valence-electron chi connectivity index (χ1n) is 1.93. The fraction of sp³-hybridized carbons (Fsp3) is 0.500. The Morgan fingerprint density at radius 3 is 2.29 bits per heavy atom. The fourth-order valence-corrected chi connectivity index (χ4v) is 0.544. The van der Waals surface area contributed by atoms with Gasteiger partial charge in [-0.25, -0.2) is 0 Å². The van der Waals surface area contributed by atoms with E-state index in [0.29, 0.717) is 4.49 Å². The molecule has 0 fully saturated rings. The summed E-state index contributed by atoms with van der Waals surface area (Å²) in [5, 5.41) is 0. The van der Waals surface area contributed by atoms with Crippen LogP contribution in [-0.4, -0.2) is 10.2 Å². The molecule has 3 heteroatoms. The van der Waals surface area contributed by atoms with E-state index in [0.717, 1.165) is 12.5 Å². The first-order valence-corrected chi connectivity index (χ1v) is 3.39. The van der Waals surface area contributed by atoms with Crippen molar-refractivity contribution in [2.45, 2.75) is 12.5 Å². The molecular formula is C4H5Cl2Si. The smallest absolute Gasteiger partial charge is 0.0713 e. The van der Waals surface area contributed by atoms with E-state index in [4.69, 9.17) is 23.2 Å². The van der Waals surface area contributed by atoms with Gasteiger partial charge in [-0.1, -0.05) is 35.3 Å². The van der Waals surface area contributed by atoms with Gasteiger partial charge in [0.2, 0.25) is 0 Å². The van der Waals surface area contributed by atoms with Crippen LogP contribution in [0.1, 0.15) is 6.42 Å². The van der Waals surface area contributed by atoms with E-state index in [1.165, 1.54) is 0 Å². The Balaban J connectivity index is 3.08. The molecule has 0 aliphatic carbocycles. The Labute approximate surface area is 56.9 Å². The molecule has 0 aromatic carbocycles. The minimum absolute atomic E-state index is 0.346. The summed E-state index contributed by atoms with van der Waals surface area (Å²) < 4.78 is 0.346. The molecular weight excluding hydrogens is 147 g/mol. The highest BCUT2D eigenvalue weighted by atomic mass is 35.5. The van der Waals surface area contributed by atoms with Gasteiger partial charge in [0.25, 0.3) is 0 Å². The van der Waals surface area contributed by atoms with Crippen molar-refractivity contribution in [1.29, 1.82) is 0 Å². The standard InChI is InChI=1S/C4H5Cl2Si/c5-4(6)2-1-3-7/h2H,1,3H2. The molecule has 3 radical (unpaired) electrons. The average Bonchev–Trinajstić information content (AvgIpc) is 1.61. The number of hydrogen-bond acceptors (Lipinski definition) is 0. The number of hydrogen-bond donors (Lipinski definition) is 0. The summed E-state index contributed by atoms with van der Waals surface area (Å²) in [7, 11) is 3.26. The van der Waals surface area contributed by atoms with Crippen LogP contribution >= 0.6 is 23.2 Å². The second kappa shape index (κ2) is 4.69. The zero-order valence-corrected chi connectivity index (χ0v) is 6.26. The van der Waals surface area contributed by atoms with E-state index in [1.54, 1.807) is 6.08 Å². The van der Waals surface area contributed by atoms with Gasteiger partial charge < -0.3 is 0 Å². The monoisotopic (exact) mass is 151 g/mol. The summed E-state index contributed by atoms with van der Waals surface area (Å²) in [5.74, 6) is 0. The third-order valence-electron chi connectivity index (χ3n) is 0.443. The van der Waals surface area contributed by atoms with E-state index in [1.807, 2.05) is 0 Å². The van der Waals surface area contributed by atoms with E-state index >= 15 is 0 Å². The van der Waals surface area contributed by atoms with Crippen molar-refractivity contribution < 1.29 is 0 Å². The third kappa shape index (κ3) is 6.54. The molecule has 7 heavy (non-hydrogen) atoms. The van der Waals surface area contributed by atoms with Gasteiger partial charge >= 0.3 is 0 Å². The molecule has 0 aromatic heterocycles. The predicted octanol–water partition coefficient (Wildman–Crippen LogP) is 2.28. The van der Waals surface area contributed by atoms with E-state index < -0.39 is 0 Å². The van der Waals surface area contributed by atoms with Gasteiger partial charge in [-0.3, -0.25) is 0 Å². The van der Waals surface area contributed by atoms with Crippen LogP contribution in [0, 0.1) is 0 Å². The molecule has 0 bridgehead atoms. The van der Waals surface area contributed by atoms with Crippen LogP contribution in [0.25, 0.3) is 0 Å². The molecule has 0 saturated carbocycles. The normalized spacial score (nSPS) is 8.43. The molecule has 0 saturated heterocycles. The molecule has 0 rings (SSSR count). The zero-order chi connectivity index (χ0) is 5.70. The Bertz CT molecular complexity index is 66.1. The maximum Gasteiger partial charge on any atom is 0.102 e. The first-order chi connectivity index (χ1) is 3.27. The highest BCUT2D eigenvalue weighted by Gasteiger charge is 1.78. The van der Waals surface area contributed by atoms with Crippen molar-refractivity contribution >= 4 is 33.4 Å². The minimum atomic E-state index is 0.346. The second-order valence-corrected chi connectivity index (χ2v) is 2.54. The number of allylic oxidation sites excluding steroid dienone is 1. The lowest BCUT2D eigenvalue weighted by Gasteiger charge is -1.80. The van der Waals surface area contributed by atoms with Gasteiger partial charge in [0, 0.05) is 10.2 Å². The lowest BCUT2D eigenvalue weighted by atomic mass is 10.5. The molecule has 0 aliphatic rings. The van der Waals surface area contributed by atoms with Crippen LogP contribution in [0.15, 0.2) is 10.6 Å². The van der Waals surface area contributed by atoms with Gasteiger partial charge in [0.15, 0.2) is 0 Å². The average molecular weight is 152 g/mol. The van der Waals surface area contributed by atoms with E-state index in [9.17, 15) is 0 Å². The summed E-state index contributed by atoms with van der Waals surface area (Å²) in [6.07, 6.45) is 2.63. The van der Waals surface area contributed by atoms with Crippen LogP contribution in [0.5, 0.6) is 0 Å². The topological polar surface area (TPSA) is 0 Å². The molecule has 0 nitrogen and oxygen atoms in total. The SMILES string of the molecule is [Si]CCC=C(Cl)Cl. The zero-order valence-electron chi connectivity index (χ0n) is 3.75.